The van der Waals surface area contributed by atoms with Gasteiger partial charge in [0.25, 0.3) is 0 Å². The van der Waals surface area contributed by atoms with Crippen molar-refractivity contribution < 1.29 is 22.2 Å². The first-order valence-electron chi connectivity index (χ1n) is 6.06. The monoisotopic (exact) mass is 312 g/mol. The van der Waals surface area contributed by atoms with Gasteiger partial charge in [-0.3, -0.25) is 9.00 Å². The Bertz CT molecular complexity index is 716. The quantitative estimate of drug-likeness (QED) is 0.810. The van der Waals surface area contributed by atoms with Crippen LogP contribution in [0.3, 0.4) is 0 Å². The zero-order chi connectivity index (χ0) is 15.6. The summed E-state index contributed by atoms with van der Waals surface area (Å²) in [5.41, 5.74) is -0.105. The fraction of sp³-hybridized carbons (Fsp3) is 0.133. The predicted molar refractivity (Wildman–Crippen MR) is 73.0 cm³/mol. The number of halogens is 3. The summed E-state index contributed by atoms with van der Waals surface area (Å²) in [4.78, 5) is 12.0. The molecule has 0 N–H and O–H groups in total. The number of hydrogen-bond donors (Lipinski definition) is 0. The van der Waals surface area contributed by atoms with Gasteiger partial charge in [-0.05, 0) is 37.3 Å². The van der Waals surface area contributed by atoms with Crippen LogP contribution in [0.5, 0.6) is 0 Å². The van der Waals surface area contributed by atoms with E-state index in [1.165, 1.54) is 25.1 Å². The molecule has 2 aromatic carbocycles. The highest BCUT2D eigenvalue weighted by Crippen LogP contribution is 2.19. The Morgan fingerprint density at radius 3 is 2.29 bits per heavy atom. The first-order valence-corrected chi connectivity index (χ1v) is 7.27. The van der Waals surface area contributed by atoms with E-state index >= 15 is 0 Å². The Kier molecular flexibility index (Phi) is 4.57. The lowest BCUT2D eigenvalue weighted by atomic mass is 10.1. The number of benzene rings is 2. The van der Waals surface area contributed by atoms with E-state index in [0.29, 0.717) is 0 Å². The van der Waals surface area contributed by atoms with E-state index < -0.39 is 39.3 Å². The molecule has 0 bridgehead atoms. The SMILES string of the molecule is CC(C(=O)c1ccc(F)c(F)c1)S(=O)c1ccccc1F. The summed E-state index contributed by atoms with van der Waals surface area (Å²) < 4.78 is 51.8. The number of carbonyl (C=O) groups excluding carboxylic acids is 1. The van der Waals surface area contributed by atoms with E-state index in [-0.39, 0.29) is 10.5 Å². The molecule has 0 spiro atoms. The van der Waals surface area contributed by atoms with Crippen molar-refractivity contribution in [3.8, 4) is 0 Å². The van der Waals surface area contributed by atoms with E-state index in [4.69, 9.17) is 0 Å². The van der Waals surface area contributed by atoms with Crippen LogP contribution in [0.15, 0.2) is 47.4 Å². The van der Waals surface area contributed by atoms with Gasteiger partial charge in [0.15, 0.2) is 17.4 Å². The van der Waals surface area contributed by atoms with Crippen LogP contribution < -0.4 is 0 Å². The van der Waals surface area contributed by atoms with Crippen LogP contribution in [0.4, 0.5) is 13.2 Å². The van der Waals surface area contributed by atoms with Gasteiger partial charge in [0.1, 0.15) is 5.82 Å². The van der Waals surface area contributed by atoms with Gasteiger partial charge < -0.3 is 0 Å². The lowest BCUT2D eigenvalue weighted by Gasteiger charge is -2.11. The summed E-state index contributed by atoms with van der Waals surface area (Å²) in [5, 5.41) is -1.08. The van der Waals surface area contributed by atoms with Crippen molar-refractivity contribution in [3.63, 3.8) is 0 Å². The van der Waals surface area contributed by atoms with E-state index in [9.17, 15) is 22.2 Å². The third-order valence-electron chi connectivity index (χ3n) is 2.95. The molecule has 110 valence electrons. The minimum absolute atomic E-state index is 0.0964. The number of hydrogen-bond acceptors (Lipinski definition) is 2. The van der Waals surface area contributed by atoms with Crippen LogP contribution in [0.1, 0.15) is 17.3 Å². The van der Waals surface area contributed by atoms with Crippen LogP contribution in [-0.2, 0) is 10.8 Å². The van der Waals surface area contributed by atoms with Crippen LogP contribution in [-0.4, -0.2) is 15.2 Å². The zero-order valence-electron chi connectivity index (χ0n) is 11.0. The summed E-state index contributed by atoms with van der Waals surface area (Å²) >= 11 is 0. The molecule has 2 unspecified atom stereocenters. The van der Waals surface area contributed by atoms with Gasteiger partial charge in [-0.25, -0.2) is 13.2 Å². The molecule has 0 aliphatic heterocycles. The summed E-state index contributed by atoms with van der Waals surface area (Å²) in [7, 11) is -1.92. The molecule has 2 rings (SSSR count). The number of rotatable bonds is 4. The van der Waals surface area contributed by atoms with E-state index in [1.54, 1.807) is 0 Å². The van der Waals surface area contributed by atoms with Crippen molar-refractivity contribution >= 4 is 16.6 Å². The van der Waals surface area contributed by atoms with Crippen molar-refractivity contribution in [3.05, 3.63) is 65.5 Å². The van der Waals surface area contributed by atoms with Gasteiger partial charge in [0.2, 0.25) is 0 Å². The molecule has 2 aromatic rings. The van der Waals surface area contributed by atoms with Gasteiger partial charge in [-0.1, -0.05) is 12.1 Å². The Morgan fingerprint density at radius 1 is 1.00 bits per heavy atom. The normalized spacial score (nSPS) is 13.7. The van der Waals surface area contributed by atoms with Crippen molar-refractivity contribution in [2.45, 2.75) is 17.1 Å². The fourth-order valence-electron chi connectivity index (χ4n) is 1.78. The maximum absolute atomic E-state index is 13.6. The molecular weight excluding hydrogens is 301 g/mol. The largest absolute Gasteiger partial charge is 0.293 e. The van der Waals surface area contributed by atoms with Gasteiger partial charge in [0.05, 0.1) is 20.9 Å². The third kappa shape index (κ3) is 3.21. The molecule has 0 fully saturated rings. The molecule has 0 amide bonds. The van der Waals surface area contributed by atoms with E-state index in [2.05, 4.69) is 0 Å². The minimum Gasteiger partial charge on any atom is -0.293 e. The van der Waals surface area contributed by atoms with E-state index in [1.807, 2.05) is 0 Å². The Hall–Kier alpha value is -1.95. The lowest BCUT2D eigenvalue weighted by molar-refractivity contribution is 0.0992. The Labute approximate surface area is 122 Å². The molecule has 0 saturated heterocycles. The smallest absolute Gasteiger partial charge is 0.178 e. The van der Waals surface area contributed by atoms with Crippen LogP contribution in [0.25, 0.3) is 0 Å². The maximum atomic E-state index is 13.6. The van der Waals surface area contributed by atoms with Crippen molar-refractivity contribution in [2.24, 2.45) is 0 Å². The van der Waals surface area contributed by atoms with Gasteiger partial charge in [0, 0.05) is 5.56 Å². The molecule has 0 aliphatic carbocycles. The second-order valence-electron chi connectivity index (χ2n) is 4.36. The average Bonchev–Trinajstić information content (AvgIpc) is 2.48. The molecule has 0 radical (unpaired) electrons. The fourth-order valence-corrected chi connectivity index (χ4v) is 2.96. The second kappa shape index (κ2) is 6.22. The van der Waals surface area contributed by atoms with Crippen LogP contribution in [0, 0.1) is 17.5 Å². The Morgan fingerprint density at radius 2 is 1.67 bits per heavy atom. The molecule has 0 aliphatic rings. The number of carbonyl (C=O) groups is 1. The third-order valence-corrected chi connectivity index (χ3v) is 4.57. The summed E-state index contributed by atoms with van der Waals surface area (Å²) in [6, 6.07) is 8.08. The molecule has 0 aromatic heterocycles. The highest BCUT2D eigenvalue weighted by molar-refractivity contribution is 7.86. The first kappa shape index (κ1) is 15.4. The van der Waals surface area contributed by atoms with Gasteiger partial charge in [-0.15, -0.1) is 0 Å². The molecule has 21 heavy (non-hydrogen) atoms. The standard InChI is InChI=1S/C15H11F3O2S/c1-9(21(20)14-5-3-2-4-12(14)17)15(19)10-6-7-11(16)13(18)8-10/h2-9H,1H3. The van der Waals surface area contributed by atoms with Gasteiger partial charge >= 0.3 is 0 Å². The van der Waals surface area contributed by atoms with Crippen molar-refractivity contribution in [1.82, 2.24) is 0 Å². The van der Waals surface area contributed by atoms with Crippen molar-refractivity contribution in [2.75, 3.05) is 0 Å². The molecule has 2 atom stereocenters. The van der Waals surface area contributed by atoms with Crippen LogP contribution >= 0.6 is 0 Å². The second-order valence-corrected chi connectivity index (χ2v) is 6.10. The van der Waals surface area contributed by atoms with E-state index in [0.717, 1.165) is 24.3 Å². The average molecular weight is 312 g/mol. The molecule has 0 saturated carbocycles. The van der Waals surface area contributed by atoms with Gasteiger partial charge in [-0.2, -0.15) is 0 Å². The highest BCUT2D eigenvalue weighted by Gasteiger charge is 2.25. The zero-order valence-corrected chi connectivity index (χ0v) is 11.8. The maximum Gasteiger partial charge on any atom is 0.178 e. The summed E-state index contributed by atoms with van der Waals surface area (Å²) in [6.07, 6.45) is 0. The number of Topliss-reactive ketones (excluding diaryl/α,β-unsaturated/α-hetero) is 1. The molecular formula is C15H11F3O2S. The Balaban J connectivity index is 2.29. The number of ketones is 1. The van der Waals surface area contributed by atoms with Crippen LogP contribution in [0.2, 0.25) is 0 Å². The first-order chi connectivity index (χ1) is 9.91. The molecule has 6 heteroatoms. The van der Waals surface area contributed by atoms with Crippen molar-refractivity contribution in [1.29, 1.82) is 0 Å². The highest BCUT2D eigenvalue weighted by atomic mass is 32.2. The summed E-state index contributed by atoms with van der Waals surface area (Å²) in [5.74, 6) is -3.56. The molecule has 2 nitrogen and oxygen atoms in total. The minimum atomic E-state index is -1.92. The molecule has 0 heterocycles. The summed E-state index contributed by atoms with van der Waals surface area (Å²) in [6.45, 7) is 1.35. The lowest BCUT2D eigenvalue weighted by Crippen LogP contribution is -2.23. The topological polar surface area (TPSA) is 34.1 Å². The predicted octanol–water partition coefficient (Wildman–Crippen LogP) is 3.48.